The number of hydrogen-bond donors (Lipinski definition) is 0. The maximum atomic E-state index is 13.0. The van der Waals surface area contributed by atoms with Crippen LogP contribution in [0.2, 0.25) is 0 Å². The van der Waals surface area contributed by atoms with E-state index in [2.05, 4.69) is 5.10 Å². The third-order valence-corrected chi connectivity index (χ3v) is 3.83. The molecule has 0 fully saturated rings. The molecular weight excluding hydrogens is 298 g/mol. The van der Waals surface area contributed by atoms with Crippen LogP contribution in [-0.4, -0.2) is 14.3 Å². The molecule has 4 aromatic rings. The van der Waals surface area contributed by atoms with Crippen molar-refractivity contribution in [1.82, 2.24) is 14.3 Å². The van der Waals surface area contributed by atoms with Gasteiger partial charge in [0.15, 0.2) is 5.82 Å². The Balaban J connectivity index is 2.01. The molecule has 1 heterocycles. The Kier molecular flexibility index (Phi) is 3.56. The fourth-order valence-corrected chi connectivity index (χ4v) is 2.69. The SMILES string of the molecule is O=c1n(-c2ccccc2)nc(-c2ccccc2)n1-c1ccccc1. The number of rotatable bonds is 3. The van der Waals surface area contributed by atoms with Crippen LogP contribution < -0.4 is 5.69 Å². The molecule has 0 N–H and O–H groups in total. The molecule has 0 saturated carbocycles. The van der Waals surface area contributed by atoms with Crippen molar-refractivity contribution in [3.63, 3.8) is 0 Å². The van der Waals surface area contributed by atoms with E-state index in [9.17, 15) is 4.79 Å². The second-order valence-corrected chi connectivity index (χ2v) is 5.39. The smallest absolute Gasteiger partial charge is 0.245 e. The number of hydrogen-bond acceptors (Lipinski definition) is 2. The van der Waals surface area contributed by atoms with Gasteiger partial charge in [-0.1, -0.05) is 66.7 Å². The molecule has 116 valence electrons. The van der Waals surface area contributed by atoms with Gasteiger partial charge in [-0.05, 0) is 24.3 Å². The fourth-order valence-electron chi connectivity index (χ4n) is 2.69. The van der Waals surface area contributed by atoms with Crippen LogP contribution in [0.5, 0.6) is 0 Å². The number of benzene rings is 3. The van der Waals surface area contributed by atoms with Crippen molar-refractivity contribution in [3.8, 4) is 22.8 Å². The molecule has 0 aliphatic heterocycles. The standard InChI is InChI=1S/C20H15N3O/c24-20-22(17-12-6-2-7-13-17)19(16-10-4-1-5-11-16)21-23(20)18-14-8-3-9-15-18/h1-15H. The lowest BCUT2D eigenvalue weighted by Crippen LogP contribution is -2.22. The predicted molar refractivity (Wildman–Crippen MR) is 94.6 cm³/mol. The molecule has 0 amide bonds. The van der Waals surface area contributed by atoms with Gasteiger partial charge in [0.2, 0.25) is 0 Å². The summed E-state index contributed by atoms with van der Waals surface area (Å²) in [5.41, 5.74) is 2.25. The number of para-hydroxylation sites is 2. The van der Waals surface area contributed by atoms with Crippen molar-refractivity contribution in [3.05, 3.63) is 101 Å². The molecule has 4 nitrogen and oxygen atoms in total. The molecule has 1 aromatic heterocycles. The van der Waals surface area contributed by atoms with E-state index in [1.54, 1.807) is 4.57 Å². The molecule has 0 aliphatic rings. The molecule has 0 bridgehead atoms. The minimum atomic E-state index is -0.189. The van der Waals surface area contributed by atoms with Gasteiger partial charge >= 0.3 is 5.69 Å². The van der Waals surface area contributed by atoms with Gasteiger partial charge in [0.05, 0.1) is 11.4 Å². The van der Waals surface area contributed by atoms with E-state index >= 15 is 0 Å². The van der Waals surface area contributed by atoms with Gasteiger partial charge in [0.25, 0.3) is 0 Å². The van der Waals surface area contributed by atoms with Crippen molar-refractivity contribution < 1.29 is 0 Å². The number of nitrogens with zero attached hydrogens (tertiary/aromatic N) is 3. The van der Waals surface area contributed by atoms with E-state index in [1.165, 1.54) is 4.68 Å². The Morgan fingerprint density at radius 3 is 1.71 bits per heavy atom. The second-order valence-electron chi connectivity index (χ2n) is 5.39. The second kappa shape index (κ2) is 6.01. The largest absolute Gasteiger partial charge is 0.355 e. The molecule has 0 saturated heterocycles. The lowest BCUT2D eigenvalue weighted by atomic mass is 10.2. The third kappa shape index (κ3) is 2.44. The quantitative estimate of drug-likeness (QED) is 0.579. The van der Waals surface area contributed by atoms with E-state index in [-0.39, 0.29) is 5.69 Å². The Labute approximate surface area is 139 Å². The van der Waals surface area contributed by atoms with Gasteiger partial charge in [-0.2, -0.15) is 4.68 Å². The summed E-state index contributed by atoms with van der Waals surface area (Å²) in [6.07, 6.45) is 0. The fraction of sp³-hybridized carbons (Fsp3) is 0. The summed E-state index contributed by atoms with van der Waals surface area (Å²) in [5, 5.41) is 4.59. The summed E-state index contributed by atoms with van der Waals surface area (Å²) in [5.74, 6) is 0.621. The van der Waals surface area contributed by atoms with E-state index in [1.807, 2.05) is 91.0 Å². The van der Waals surface area contributed by atoms with E-state index in [0.717, 1.165) is 16.9 Å². The lowest BCUT2D eigenvalue weighted by Gasteiger charge is -2.04. The van der Waals surface area contributed by atoms with Gasteiger partial charge in [0, 0.05) is 5.56 Å². The zero-order valence-electron chi connectivity index (χ0n) is 12.9. The van der Waals surface area contributed by atoms with Crippen molar-refractivity contribution in [2.24, 2.45) is 0 Å². The summed E-state index contributed by atoms with van der Waals surface area (Å²) in [7, 11) is 0. The van der Waals surface area contributed by atoms with Gasteiger partial charge in [0.1, 0.15) is 0 Å². The first-order valence-electron chi connectivity index (χ1n) is 7.73. The highest BCUT2D eigenvalue weighted by molar-refractivity contribution is 5.58. The zero-order chi connectivity index (χ0) is 16.4. The van der Waals surface area contributed by atoms with Crippen molar-refractivity contribution in [2.75, 3.05) is 0 Å². The van der Waals surface area contributed by atoms with Crippen LogP contribution in [0.3, 0.4) is 0 Å². The van der Waals surface area contributed by atoms with Crippen LogP contribution in [0.15, 0.2) is 95.8 Å². The van der Waals surface area contributed by atoms with Crippen molar-refractivity contribution in [2.45, 2.75) is 0 Å². The monoisotopic (exact) mass is 313 g/mol. The Hall–Kier alpha value is -3.40. The zero-order valence-corrected chi connectivity index (χ0v) is 12.9. The van der Waals surface area contributed by atoms with Crippen LogP contribution >= 0.6 is 0 Å². The molecule has 0 atom stereocenters. The van der Waals surface area contributed by atoms with E-state index < -0.39 is 0 Å². The third-order valence-electron chi connectivity index (χ3n) is 3.83. The van der Waals surface area contributed by atoms with Crippen LogP contribution in [0, 0.1) is 0 Å². The average Bonchev–Trinajstić information content (AvgIpc) is 3.01. The molecule has 0 aliphatic carbocycles. The number of aromatic nitrogens is 3. The topological polar surface area (TPSA) is 39.8 Å². The minimum absolute atomic E-state index is 0.189. The van der Waals surface area contributed by atoms with Gasteiger partial charge in [-0.25, -0.2) is 9.36 Å². The summed E-state index contributed by atoms with van der Waals surface area (Å²) in [6.45, 7) is 0. The predicted octanol–water partition coefficient (Wildman–Crippen LogP) is 3.69. The average molecular weight is 313 g/mol. The van der Waals surface area contributed by atoms with Crippen molar-refractivity contribution >= 4 is 0 Å². The first-order chi connectivity index (χ1) is 11.8. The molecule has 3 aromatic carbocycles. The Morgan fingerprint density at radius 2 is 1.12 bits per heavy atom. The Morgan fingerprint density at radius 1 is 0.625 bits per heavy atom. The normalized spacial score (nSPS) is 10.7. The maximum Gasteiger partial charge on any atom is 0.355 e. The maximum absolute atomic E-state index is 13.0. The van der Waals surface area contributed by atoms with Gasteiger partial charge in [-0.15, -0.1) is 5.10 Å². The lowest BCUT2D eigenvalue weighted by molar-refractivity contribution is 0.830. The first-order valence-corrected chi connectivity index (χ1v) is 7.73. The summed E-state index contributed by atoms with van der Waals surface area (Å²) >= 11 is 0. The molecule has 0 unspecified atom stereocenters. The van der Waals surface area contributed by atoms with Gasteiger partial charge in [-0.3, -0.25) is 0 Å². The van der Waals surface area contributed by atoms with Crippen LogP contribution in [0.4, 0.5) is 0 Å². The molecule has 24 heavy (non-hydrogen) atoms. The minimum Gasteiger partial charge on any atom is -0.245 e. The molecule has 4 heteroatoms. The highest BCUT2D eigenvalue weighted by Gasteiger charge is 2.17. The molecular formula is C20H15N3O. The van der Waals surface area contributed by atoms with Crippen LogP contribution in [-0.2, 0) is 0 Å². The highest BCUT2D eigenvalue weighted by Crippen LogP contribution is 2.20. The van der Waals surface area contributed by atoms with Crippen LogP contribution in [0.1, 0.15) is 0 Å². The highest BCUT2D eigenvalue weighted by atomic mass is 16.2. The summed E-state index contributed by atoms with van der Waals surface area (Å²) in [6, 6.07) is 28.8. The molecule has 0 radical (unpaired) electrons. The van der Waals surface area contributed by atoms with E-state index in [4.69, 9.17) is 0 Å². The van der Waals surface area contributed by atoms with Gasteiger partial charge < -0.3 is 0 Å². The Bertz CT molecular complexity index is 1000. The van der Waals surface area contributed by atoms with Crippen LogP contribution in [0.25, 0.3) is 22.8 Å². The molecule has 4 rings (SSSR count). The first kappa shape index (κ1) is 14.2. The molecule has 0 spiro atoms. The van der Waals surface area contributed by atoms with E-state index in [0.29, 0.717) is 5.82 Å². The van der Waals surface area contributed by atoms with Crippen molar-refractivity contribution in [1.29, 1.82) is 0 Å². The summed E-state index contributed by atoms with van der Waals surface area (Å²) in [4.78, 5) is 13.0. The summed E-state index contributed by atoms with van der Waals surface area (Å²) < 4.78 is 3.08.